The fourth-order valence-corrected chi connectivity index (χ4v) is 1.63. The summed E-state index contributed by atoms with van der Waals surface area (Å²) in [6, 6.07) is 0. The molecule has 0 aliphatic rings. The monoisotopic (exact) mass is 339 g/mol. The van der Waals surface area contributed by atoms with Gasteiger partial charge in [0, 0.05) is 13.1 Å². The molecular weight excluding hydrogens is 321 g/mol. The molecule has 8 nitrogen and oxygen atoms in total. The lowest BCUT2D eigenvalue weighted by Gasteiger charge is -2.07. The number of ether oxygens (including phenoxy) is 3. The van der Waals surface area contributed by atoms with Gasteiger partial charge in [0.25, 0.3) is 0 Å². The van der Waals surface area contributed by atoms with E-state index in [2.05, 4.69) is 20.3 Å². The van der Waals surface area contributed by atoms with Crippen LogP contribution in [-0.4, -0.2) is 67.7 Å². The smallest absolute Gasteiger partial charge is 0.228 e. The topological polar surface area (TPSA) is 104 Å². The number of hydrogen-bond acceptors (Lipinski definition) is 8. The molecule has 0 atom stereocenters. The van der Waals surface area contributed by atoms with Crippen LogP contribution in [0.25, 0.3) is 0 Å². The van der Waals surface area contributed by atoms with Gasteiger partial charge in [-0.3, -0.25) is 0 Å². The predicted octanol–water partition coefficient (Wildman–Crippen LogP) is 0.599. The molecule has 0 bridgehead atoms. The lowest BCUT2D eigenvalue weighted by atomic mass is 10.6. The molecule has 0 radical (unpaired) electrons. The molecule has 120 valence electrons. The summed E-state index contributed by atoms with van der Waals surface area (Å²) in [5, 5.41) is 3.01. The van der Waals surface area contributed by atoms with Crippen molar-refractivity contribution >= 4 is 29.2 Å². The summed E-state index contributed by atoms with van der Waals surface area (Å²) in [6.07, 6.45) is 0. The molecule has 1 heterocycles. The number of anilines is 1. The van der Waals surface area contributed by atoms with E-state index in [1.165, 1.54) is 0 Å². The van der Waals surface area contributed by atoms with E-state index in [9.17, 15) is 0 Å². The van der Waals surface area contributed by atoms with E-state index in [0.717, 1.165) is 0 Å². The summed E-state index contributed by atoms with van der Waals surface area (Å²) in [5.41, 5.74) is 5.28. The van der Waals surface area contributed by atoms with Crippen LogP contribution in [-0.2, 0) is 14.2 Å². The van der Waals surface area contributed by atoms with Crippen LogP contribution in [0, 0.1) is 0 Å². The summed E-state index contributed by atoms with van der Waals surface area (Å²) >= 11 is 11.3. The molecule has 0 spiro atoms. The van der Waals surface area contributed by atoms with E-state index < -0.39 is 0 Å². The largest absolute Gasteiger partial charge is 0.378 e. The fraction of sp³-hybridized carbons (Fsp3) is 0.727. The van der Waals surface area contributed by atoms with Gasteiger partial charge in [-0.1, -0.05) is 0 Å². The quantitative estimate of drug-likeness (QED) is 0.533. The Bertz CT molecular complexity index is 380. The van der Waals surface area contributed by atoms with Crippen LogP contribution in [0.15, 0.2) is 0 Å². The van der Waals surface area contributed by atoms with Crippen molar-refractivity contribution < 1.29 is 14.2 Å². The Hall–Kier alpha value is -0.770. The Balaban J connectivity index is 1.93. The van der Waals surface area contributed by atoms with Crippen LogP contribution in [0.4, 0.5) is 5.95 Å². The molecule has 0 unspecified atom stereocenters. The second-order valence-electron chi connectivity index (χ2n) is 3.75. The molecule has 3 N–H and O–H groups in total. The highest BCUT2D eigenvalue weighted by Gasteiger charge is 2.01. The third-order valence-corrected chi connectivity index (χ3v) is 2.45. The summed E-state index contributed by atoms with van der Waals surface area (Å²) in [5.74, 6) is 0.317. The molecule has 1 aromatic heterocycles. The molecule has 0 aliphatic heterocycles. The highest BCUT2D eigenvalue weighted by atomic mass is 35.5. The Morgan fingerprint density at radius 1 is 0.810 bits per heavy atom. The van der Waals surface area contributed by atoms with Gasteiger partial charge in [-0.25, -0.2) is 0 Å². The van der Waals surface area contributed by atoms with Crippen LogP contribution in [0.3, 0.4) is 0 Å². The van der Waals surface area contributed by atoms with Crippen molar-refractivity contribution in [2.75, 3.05) is 58.0 Å². The minimum Gasteiger partial charge on any atom is -0.378 e. The average Bonchev–Trinajstić information content (AvgIpc) is 2.44. The van der Waals surface area contributed by atoms with Crippen LogP contribution in [0.2, 0.25) is 10.6 Å². The fourth-order valence-electron chi connectivity index (χ4n) is 1.27. The van der Waals surface area contributed by atoms with Crippen molar-refractivity contribution in [3.05, 3.63) is 10.6 Å². The van der Waals surface area contributed by atoms with Gasteiger partial charge >= 0.3 is 0 Å². The molecular formula is C11H19Cl2N5O3. The molecule has 0 fully saturated rings. The van der Waals surface area contributed by atoms with Crippen molar-refractivity contribution in [3.63, 3.8) is 0 Å². The molecule has 0 saturated heterocycles. The van der Waals surface area contributed by atoms with Gasteiger partial charge in [0.05, 0.1) is 39.6 Å². The predicted molar refractivity (Wildman–Crippen MR) is 79.8 cm³/mol. The molecule has 1 aromatic rings. The molecule has 10 heteroatoms. The van der Waals surface area contributed by atoms with Gasteiger partial charge in [0.15, 0.2) is 0 Å². The number of halogens is 2. The zero-order valence-corrected chi connectivity index (χ0v) is 13.1. The maximum absolute atomic E-state index is 5.64. The van der Waals surface area contributed by atoms with Crippen LogP contribution >= 0.6 is 23.2 Å². The minimum atomic E-state index is 0.0451. The molecule has 0 amide bonds. The van der Waals surface area contributed by atoms with Gasteiger partial charge in [-0.15, -0.1) is 0 Å². The Kier molecular flexibility index (Phi) is 10.3. The van der Waals surface area contributed by atoms with Crippen LogP contribution in [0.1, 0.15) is 0 Å². The van der Waals surface area contributed by atoms with E-state index in [0.29, 0.717) is 58.7 Å². The number of nitrogens with zero attached hydrogens (tertiary/aromatic N) is 3. The van der Waals surface area contributed by atoms with Crippen LogP contribution in [0.5, 0.6) is 0 Å². The highest BCUT2D eigenvalue weighted by Crippen LogP contribution is 2.08. The number of rotatable bonds is 12. The highest BCUT2D eigenvalue weighted by molar-refractivity contribution is 6.31. The van der Waals surface area contributed by atoms with Crippen molar-refractivity contribution in [2.24, 2.45) is 5.73 Å². The first kappa shape index (κ1) is 18.3. The Morgan fingerprint density at radius 3 is 1.90 bits per heavy atom. The Labute approximate surface area is 133 Å². The zero-order chi connectivity index (χ0) is 15.3. The lowest BCUT2D eigenvalue weighted by Crippen LogP contribution is -2.16. The van der Waals surface area contributed by atoms with Crippen molar-refractivity contribution in [1.29, 1.82) is 0 Å². The molecule has 0 aliphatic carbocycles. The van der Waals surface area contributed by atoms with Crippen molar-refractivity contribution in [3.8, 4) is 0 Å². The SMILES string of the molecule is NCCOCCOCCOCCNc1nc(Cl)nc(Cl)n1. The summed E-state index contributed by atoms with van der Waals surface area (Å²) in [6.45, 7) is 4.16. The average molecular weight is 340 g/mol. The number of nitrogens with one attached hydrogen (secondary N) is 1. The van der Waals surface area contributed by atoms with Gasteiger partial charge in [0.2, 0.25) is 16.5 Å². The third kappa shape index (κ3) is 9.72. The lowest BCUT2D eigenvalue weighted by molar-refractivity contribution is 0.0179. The first-order valence-electron chi connectivity index (χ1n) is 6.46. The molecule has 1 rings (SSSR count). The Morgan fingerprint density at radius 2 is 1.33 bits per heavy atom. The molecule has 0 aromatic carbocycles. The summed E-state index contributed by atoms with van der Waals surface area (Å²) in [4.78, 5) is 11.4. The van der Waals surface area contributed by atoms with Gasteiger partial charge in [-0.2, -0.15) is 15.0 Å². The maximum atomic E-state index is 5.64. The number of nitrogens with two attached hydrogens (primary N) is 1. The maximum Gasteiger partial charge on any atom is 0.228 e. The number of aromatic nitrogens is 3. The van der Waals surface area contributed by atoms with Crippen LogP contribution < -0.4 is 11.1 Å². The minimum absolute atomic E-state index is 0.0451. The third-order valence-electron chi connectivity index (χ3n) is 2.12. The normalized spacial score (nSPS) is 10.8. The first-order valence-corrected chi connectivity index (χ1v) is 7.22. The van der Waals surface area contributed by atoms with E-state index in [1.807, 2.05) is 0 Å². The van der Waals surface area contributed by atoms with Gasteiger partial charge in [0.1, 0.15) is 0 Å². The standard InChI is InChI=1S/C11H19Cl2N5O3/c12-9-16-10(13)18-11(17-9)15-2-4-20-6-8-21-7-5-19-3-1-14/h1-8,14H2,(H,15,16,17,18). The second-order valence-corrected chi connectivity index (χ2v) is 4.43. The van der Waals surface area contributed by atoms with Crippen molar-refractivity contribution in [1.82, 2.24) is 15.0 Å². The van der Waals surface area contributed by atoms with E-state index in [4.69, 9.17) is 43.1 Å². The number of hydrogen-bond donors (Lipinski definition) is 2. The summed E-state index contributed by atoms with van der Waals surface area (Å²) < 4.78 is 15.8. The van der Waals surface area contributed by atoms with E-state index >= 15 is 0 Å². The first-order chi connectivity index (χ1) is 10.2. The summed E-state index contributed by atoms with van der Waals surface area (Å²) in [7, 11) is 0. The van der Waals surface area contributed by atoms with Gasteiger partial charge in [-0.05, 0) is 23.2 Å². The van der Waals surface area contributed by atoms with Crippen molar-refractivity contribution in [2.45, 2.75) is 0 Å². The zero-order valence-electron chi connectivity index (χ0n) is 11.6. The van der Waals surface area contributed by atoms with E-state index in [-0.39, 0.29) is 10.6 Å². The van der Waals surface area contributed by atoms with Gasteiger partial charge < -0.3 is 25.3 Å². The molecule has 21 heavy (non-hydrogen) atoms. The van der Waals surface area contributed by atoms with E-state index in [1.54, 1.807) is 0 Å². The molecule has 0 saturated carbocycles. The second kappa shape index (κ2) is 11.8.